The van der Waals surface area contributed by atoms with Crippen molar-refractivity contribution in [1.29, 1.82) is 0 Å². The first kappa shape index (κ1) is 18.6. The smallest absolute Gasteiger partial charge is 0.259 e. The highest BCUT2D eigenvalue weighted by molar-refractivity contribution is 5.96. The average Bonchev–Trinajstić information content (AvgIpc) is 3.00. The number of likely N-dealkylation sites (tertiary alicyclic amines) is 2. The fraction of sp³-hybridized carbons (Fsp3) is 0.632. The van der Waals surface area contributed by atoms with Crippen LogP contribution in [-0.2, 0) is 9.53 Å². The molecule has 1 aromatic rings. The van der Waals surface area contributed by atoms with E-state index < -0.39 is 0 Å². The van der Waals surface area contributed by atoms with E-state index in [9.17, 15) is 9.59 Å². The van der Waals surface area contributed by atoms with E-state index in [1.807, 2.05) is 9.80 Å². The molecule has 2 aliphatic heterocycles. The number of piperidine rings is 1. The Labute approximate surface area is 154 Å². The Morgan fingerprint density at radius 1 is 1.27 bits per heavy atom. The van der Waals surface area contributed by atoms with E-state index in [1.165, 1.54) is 7.11 Å². The van der Waals surface area contributed by atoms with E-state index in [4.69, 9.17) is 9.47 Å². The number of carbonyl (C=O) groups excluding carboxylic acids is 2. The zero-order valence-electron chi connectivity index (χ0n) is 15.7. The SMILES string of the molecule is COC[C@@H]1CN(C(C)=O)CC12CCN(C(=O)c1cccnc1OC)CC2. The van der Waals surface area contributed by atoms with E-state index in [2.05, 4.69) is 4.98 Å². The van der Waals surface area contributed by atoms with Crippen molar-refractivity contribution in [1.82, 2.24) is 14.8 Å². The summed E-state index contributed by atoms with van der Waals surface area (Å²) in [6, 6.07) is 3.50. The molecule has 1 spiro atoms. The van der Waals surface area contributed by atoms with Crippen LogP contribution in [0.15, 0.2) is 18.3 Å². The predicted octanol–water partition coefficient (Wildman–Crippen LogP) is 1.44. The molecule has 0 N–H and O–H groups in total. The largest absolute Gasteiger partial charge is 0.480 e. The van der Waals surface area contributed by atoms with Crippen LogP contribution in [0.4, 0.5) is 0 Å². The molecule has 0 aromatic carbocycles. The summed E-state index contributed by atoms with van der Waals surface area (Å²) in [5, 5.41) is 0. The molecule has 0 unspecified atom stereocenters. The van der Waals surface area contributed by atoms with Crippen LogP contribution >= 0.6 is 0 Å². The Morgan fingerprint density at radius 3 is 2.62 bits per heavy atom. The second-order valence-electron chi connectivity index (χ2n) is 7.27. The molecular weight excluding hydrogens is 334 g/mol. The number of carbonyl (C=O) groups is 2. The van der Waals surface area contributed by atoms with E-state index in [0.717, 1.165) is 25.9 Å². The van der Waals surface area contributed by atoms with Crippen molar-refractivity contribution in [2.24, 2.45) is 11.3 Å². The minimum Gasteiger partial charge on any atom is -0.480 e. The Bertz CT molecular complexity index is 671. The summed E-state index contributed by atoms with van der Waals surface area (Å²) in [4.78, 5) is 32.6. The second-order valence-corrected chi connectivity index (χ2v) is 7.27. The van der Waals surface area contributed by atoms with Crippen LogP contribution < -0.4 is 4.74 Å². The summed E-state index contributed by atoms with van der Waals surface area (Å²) in [6.45, 7) is 5.11. The van der Waals surface area contributed by atoms with Gasteiger partial charge in [-0.25, -0.2) is 4.98 Å². The standard InChI is InChI=1S/C19H27N3O4/c1-14(23)22-11-15(12-25-2)19(13-22)6-9-21(10-7-19)18(24)16-5-4-8-20-17(16)26-3/h4-5,8,15H,6-7,9-13H2,1-3H3/t15-/m0/s1. The van der Waals surface area contributed by atoms with Gasteiger partial charge >= 0.3 is 0 Å². The minimum absolute atomic E-state index is 0.0392. The van der Waals surface area contributed by atoms with Crippen LogP contribution in [0.5, 0.6) is 5.88 Å². The molecule has 7 nitrogen and oxygen atoms in total. The minimum atomic E-state index is -0.0467. The van der Waals surface area contributed by atoms with Crippen LogP contribution in [-0.4, -0.2) is 73.6 Å². The maximum Gasteiger partial charge on any atom is 0.259 e. The van der Waals surface area contributed by atoms with E-state index >= 15 is 0 Å². The van der Waals surface area contributed by atoms with Crippen molar-refractivity contribution in [2.45, 2.75) is 19.8 Å². The third-order valence-corrected chi connectivity index (χ3v) is 5.87. The van der Waals surface area contributed by atoms with Crippen molar-refractivity contribution < 1.29 is 19.1 Å². The molecular formula is C19H27N3O4. The van der Waals surface area contributed by atoms with Crippen LogP contribution in [0.25, 0.3) is 0 Å². The fourth-order valence-electron chi connectivity index (χ4n) is 4.31. The van der Waals surface area contributed by atoms with Gasteiger partial charge in [-0.05, 0) is 30.4 Å². The van der Waals surface area contributed by atoms with Crippen molar-refractivity contribution in [3.8, 4) is 5.88 Å². The Kier molecular flexibility index (Phi) is 5.46. The zero-order valence-corrected chi connectivity index (χ0v) is 15.7. The van der Waals surface area contributed by atoms with Gasteiger partial charge in [0.2, 0.25) is 11.8 Å². The highest BCUT2D eigenvalue weighted by atomic mass is 16.5. The van der Waals surface area contributed by atoms with Gasteiger partial charge in [-0.2, -0.15) is 0 Å². The van der Waals surface area contributed by atoms with Gasteiger partial charge in [-0.3, -0.25) is 9.59 Å². The molecule has 0 radical (unpaired) electrons. The molecule has 26 heavy (non-hydrogen) atoms. The quantitative estimate of drug-likeness (QED) is 0.811. The molecule has 0 aliphatic carbocycles. The highest BCUT2D eigenvalue weighted by Gasteiger charge is 2.49. The molecule has 2 aliphatic rings. The molecule has 0 bridgehead atoms. The Balaban J connectivity index is 1.71. The number of rotatable bonds is 4. The van der Waals surface area contributed by atoms with E-state index in [-0.39, 0.29) is 17.2 Å². The molecule has 142 valence electrons. The first-order valence-electron chi connectivity index (χ1n) is 9.03. The topological polar surface area (TPSA) is 72.0 Å². The summed E-state index contributed by atoms with van der Waals surface area (Å²) in [5.41, 5.74) is 0.536. The normalized spacial score (nSPS) is 21.9. The van der Waals surface area contributed by atoms with Crippen LogP contribution in [0.1, 0.15) is 30.1 Å². The molecule has 2 fully saturated rings. The first-order valence-corrected chi connectivity index (χ1v) is 9.03. The number of ether oxygens (including phenoxy) is 2. The molecule has 3 rings (SSSR count). The number of methoxy groups -OCH3 is 2. The third-order valence-electron chi connectivity index (χ3n) is 5.87. The second kappa shape index (κ2) is 7.61. The van der Waals surface area contributed by atoms with Gasteiger partial charge in [0.25, 0.3) is 5.91 Å². The molecule has 7 heteroatoms. The highest BCUT2D eigenvalue weighted by Crippen LogP contribution is 2.45. The fourth-order valence-corrected chi connectivity index (χ4v) is 4.31. The summed E-state index contributed by atoms with van der Waals surface area (Å²) in [5.74, 6) is 0.747. The van der Waals surface area contributed by atoms with Crippen LogP contribution in [0, 0.1) is 11.3 Å². The summed E-state index contributed by atoms with van der Waals surface area (Å²) >= 11 is 0. The van der Waals surface area contributed by atoms with Gasteiger partial charge in [0, 0.05) is 52.3 Å². The lowest BCUT2D eigenvalue weighted by molar-refractivity contribution is -0.128. The molecule has 0 saturated carbocycles. The number of nitrogens with zero attached hydrogens (tertiary/aromatic N) is 3. The van der Waals surface area contributed by atoms with Crippen LogP contribution in [0.2, 0.25) is 0 Å². The lowest BCUT2D eigenvalue weighted by Gasteiger charge is -2.42. The first-order chi connectivity index (χ1) is 12.5. The van der Waals surface area contributed by atoms with E-state index in [0.29, 0.717) is 37.1 Å². The number of aromatic nitrogens is 1. The third kappa shape index (κ3) is 3.40. The number of pyridine rings is 1. The number of hydrogen-bond donors (Lipinski definition) is 0. The zero-order chi connectivity index (χ0) is 18.7. The van der Waals surface area contributed by atoms with E-state index in [1.54, 1.807) is 32.4 Å². The monoisotopic (exact) mass is 361 g/mol. The van der Waals surface area contributed by atoms with Gasteiger partial charge in [0.15, 0.2) is 0 Å². The summed E-state index contributed by atoms with van der Waals surface area (Å²) in [6.07, 6.45) is 3.36. The van der Waals surface area contributed by atoms with Crippen molar-refractivity contribution in [3.63, 3.8) is 0 Å². The van der Waals surface area contributed by atoms with Gasteiger partial charge in [-0.15, -0.1) is 0 Å². The summed E-state index contributed by atoms with van der Waals surface area (Å²) < 4.78 is 10.6. The van der Waals surface area contributed by atoms with Crippen LogP contribution in [0.3, 0.4) is 0 Å². The van der Waals surface area contributed by atoms with Gasteiger partial charge in [0.05, 0.1) is 13.7 Å². The molecule has 1 aromatic heterocycles. The predicted molar refractivity (Wildman–Crippen MR) is 96.0 cm³/mol. The van der Waals surface area contributed by atoms with Gasteiger partial charge < -0.3 is 19.3 Å². The average molecular weight is 361 g/mol. The lowest BCUT2D eigenvalue weighted by Crippen LogP contribution is -2.47. The Hall–Kier alpha value is -2.15. The molecule has 3 heterocycles. The molecule has 2 saturated heterocycles. The Morgan fingerprint density at radius 2 is 2.00 bits per heavy atom. The van der Waals surface area contributed by atoms with Gasteiger partial charge in [0.1, 0.15) is 5.56 Å². The molecule has 2 amide bonds. The maximum absolute atomic E-state index is 12.9. The van der Waals surface area contributed by atoms with Gasteiger partial charge in [-0.1, -0.05) is 0 Å². The number of hydrogen-bond acceptors (Lipinski definition) is 5. The van der Waals surface area contributed by atoms with Crippen molar-refractivity contribution in [3.05, 3.63) is 23.9 Å². The summed E-state index contributed by atoms with van der Waals surface area (Å²) in [7, 11) is 3.23. The maximum atomic E-state index is 12.9. The molecule has 1 atom stereocenters. The van der Waals surface area contributed by atoms with Crippen molar-refractivity contribution >= 4 is 11.8 Å². The number of amides is 2. The lowest BCUT2D eigenvalue weighted by atomic mass is 9.71. The van der Waals surface area contributed by atoms with Crippen molar-refractivity contribution in [2.75, 3.05) is 47.0 Å².